The van der Waals surface area contributed by atoms with Crippen molar-refractivity contribution in [1.82, 2.24) is 5.32 Å². The van der Waals surface area contributed by atoms with Gasteiger partial charge in [-0.3, -0.25) is 0 Å². The molecule has 1 N–H and O–H groups in total. The molecule has 0 amide bonds. The summed E-state index contributed by atoms with van der Waals surface area (Å²) in [6.07, 6.45) is 4.04. The minimum atomic E-state index is -0.670. The Kier molecular flexibility index (Phi) is 6.71. The van der Waals surface area contributed by atoms with Crippen LogP contribution in [-0.4, -0.2) is 20.8 Å². The molecule has 166 valence electrons. The Hall–Kier alpha value is -3.38. The first-order valence-corrected chi connectivity index (χ1v) is 10.4. The minimum Gasteiger partial charge on any atom is -0.497 e. The first-order chi connectivity index (χ1) is 15.6. The molecule has 1 atom stereocenters. The highest BCUT2D eigenvalue weighted by atomic mass is 19.1. The van der Waals surface area contributed by atoms with Crippen LogP contribution >= 0.6 is 0 Å². The zero-order valence-electron chi connectivity index (χ0n) is 18.0. The molecule has 0 aromatic heterocycles. The van der Waals surface area contributed by atoms with Crippen LogP contribution in [0.1, 0.15) is 28.3 Å². The summed E-state index contributed by atoms with van der Waals surface area (Å²) in [6.45, 7) is 1.17. The summed E-state index contributed by atoms with van der Waals surface area (Å²) in [5.41, 5.74) is 3.07. The second-order valence-electron chi connectivity index (χ2n) is 7.52. The normalized spacial score (nSPS) is 15.4. The molecule has 32 heavy (non-hydrogen) atoms. The highest BCUT2D eigenvalue weighted by molar-refractivity contribution is 5.56. The minimum absolute atomic E-state index is 0.102. The number of benzene rings is 3. The Morgan fingerprint density at radius 1 is 0.969 bits per heavy atom. The van der Waals surface area contributed by atoms with E-state index >= 15 is 0 Å². The second-order valence-corrected chi connectivity index (χ2v) is 7.52. The lowest BCUT2D eigenvalue weighted by molar-refractivity contribution is 0.283. The molecule has 0 spiro atoms. The molecule has 0 saturated carbocycles. The van der Waals surface area contributed by atoms with Crippen LogP contribution in [0, 0.1) is 11.6 Å². The third-order valence-corrected chi connectivity index (χ3v) is 5.50. The molecule has 1 aliphatic heterocycles. The number of nitrogens with one attached hydrogen (secondary N) is 1. The van der Waals surface area contributed by atoms with Crippen molar-refractivity contribution in [2.45, 2.75) is 19.1 Å². The van der Waals surface area contributed by atoms with E-state index in [1.54, 1.807) is 13.2 Å². The monoisotopic (exact) mass is 437 g/mol. The lowest BCUT2D eigenvalue weighted by atomic mass is 9.93. The van der Waals surface area contributed by atoms with E-state index in [2.05, 4.69) is 5.32 Å². The van der Waals surface area contributed by atoms with Crippen LogP contribution in [0.4, 0.5) is 8.78 Å². The van der Waals surface area contributed by atoms with Gasteiger partial charge in [-0.05, 0) is 35.2 Å². The Morgan fingerprint density at radius 3 is 2.41 bits per heavy atom. The summed E-state index contributed by atoms with van der Waals surface area (Å²) >= 11 is 0. The van der Waals surface area contributed by atoms with Crippen LogP contribution in [0.15, 0.2) is 60.7 Å². The molecular formula is C26H25F2NO3. The predicted molar refractivity (Wildman–Crippen MR) is 120 cm³/mol. The summed E-state index contributed by atoms with van der Waals surface area (Å²) in [7, 11) is 2.97. The smallest absolute Gasteiger partial charge is 0.161 e. The van der Waals surface area contributed by atoms with Gasteiger partial charge in [0, 0.05) is 24.2 Å². The largest absolute Gasteiger partial charge is 0.497 e. The van der Waals surface area contributed by atoms with Crippen molar-refractivity contribution in [2.24, 2.45) is 0 Å². The molecule has 0 aliphatic carbocycles. The zero-order valence-corrected chi connectivity index (χ0v) is 18.0. The van der Waals surface area contributed by atoms with Gasteiger partial charge in [-0.2, -0.15) is 0 Å². The van der Waals surface area contributed by atoms with Crippen molar-refractivity contribution >= 4 is 6.08 Å². The summed E-state index contributed by atoms with van der Waals surface area (Å²) < 4.78 is 45.1. The molecule has 3 aromatic rings. The van der Waals surface area contributed by atoms with Gasteiger partial charge in [0.1, 0.15) is 24.0 Å². The summed E-state index contributed by atoms with van der Waals surface area (Å²) in [5, 5.41) is 3.38. The molecule has 0 saturated heterocycles. The molecule has 0 fully saturated rings. The molecule has 1 aliphatic rings. The summed E-state index contributed by atoms with van der Waals surface area (Å²) in [6, 6.07) is 16.0. The zero-order chi connectivity index (χ0) is 22.5. The van der Waals surface area contributed by atoms with E-state index in [0.717, 1.165) is 29.7 Å². The van der Waals surface area contributed by atoms with E-state index in [-0.39, 0.29) is 17.4 Å². The van der Waals surface area contributed by atoms with Crippen LogP contribution in [0.25, 0.3) is 6.08 Å². The Balaban J connectivity index is 1.59. The van der Waals surface area contributed by atoms with Gasteiger partial charge in [0.25, 0.3) is 0 Å². The number of hydrogen-bond acceptors (Lipinski definition) is 4. The molecular weight excluding hydrogens is 412 g/mol. The summed E-state index contributed by atoms with van der Waals surface area (Å²) in [4.78, 5) is 0. The molecule has 0 bridgehead atoms. The predicted octanol–water partition coefficient (Wildman–Crippen LogP) is 5.46. The van der Waals surface area contributed by atoms with Gasteiger partial charge in [-0.1, -0.05) is 42.5 Å². The fourth-order valence-corrected chi connectivity index (χ4v) is 3.81. The fraction of sp³-hybridized carbons (Fsp3) is 0.231. The van der Waals surface area contributed by atoms with Crippen molar-refractivity contribution in [3.8, 4) is 17.2 Å². The average molecular weight is 437 g/mol. The number of methoxy groups -OCH3 is 2. The van der Waals surface area contributed by atoms with Gasteiger partial charge in [-0.25, -0.2) is 8.78 Å². The van der Waals surface area contributed by atoms with E-state index in [1.807, 2.05) is 42.5 Å². The van der Waals surface area contributed by atoms with Gasteiger partial charge >= 0.3 is 0 Å². The topological polar surface area (TPSA) is 39.7 Å². The first kappa shape index (κ1) is 21.8. The van der Waals surface area contributed by atoms with Gasteiger partial charge in [-0.15, -0.1) is 0 Å². The van der Waals surface area contributed by atoms with E-state index < -0.39 is 11.6 Å². The maximum atomic E-state index is 14.3. The van der Waals surface area contributed by atoms with Gasteiger partial charge in [0.15, 0.2) is 11.5 Å². The fourth-order valence-electron chi connectivity index (χ4n) is 3.81. The maximum Gasteiger partial charge on any atom is 0.161 e. The van der Waals surface area contributed by atoms with E-state index in [9.17, 15) is 8.78 Å². The van der Waals surface area contributed by atoms with Gasteiger partial charge in [0.2, 0.25) is 0 Å². The van der Waals surface area contributed by atoms with Crippen molar-refractivity contribution < 1.29 is 23.0 Å². The van der Waals surface area contributed by atoms with Crippen LogP contribution in [0.3, 0.4) is 0 Å². The van der Waals surface area contributed by atoms with E-state index in [4.69, 9.17) is 14.2 Å². The number of rotatable bonds is 7. The molecule has 1 unspecified atom stereocenters. The first-order valence-electron chi connectivity index (χ1n) is 10.4. The molecule has 1 heterocycles. The maximum absolute atomic E-state index is 14.3. The van der Waals surface area contributed by atoms with Crippen LogP contribution < -0.4 is 19.5 Å². The molecule has 0 radical (unpaired) electrons. The molecule has 6 heteroatoms. The highest BCUT2D eigenvalue weighted by Gasteiger charge is 2.21. The highest BCUT2D eigenvalue weighted by Crippen LogP contribution is 2.36. The van der Waals surface area contributed by atoms with Crippen molar-refractivity contribution in [3.63, 3.8) is 0 Å². The third-order valence-electron chi connectivity index (χ3n) is 5.50. The van der Waals surface area contributed by atoms with Crippen LogP contribution in [0.5, 0.6) is 17.2 Å². The Bertz CT molecular complexity index is 1090. The van der Waals surface area contributed by atoms with Crippen molar-refractivity contribution in [1.29, 1.82) is 0 Å². The lowest BCUT2D eigenvalue weighted by Gasteiger charge is -2.26. The lowest BCUT2D eigenvalue weighted by Crippen LogP contribution is -2.28. The Labute approximate surface area is 186 Å². The van der Waals surface area contributed by atoms with Gasteiger partial charge in [0.05, 0.1) is 20.3 Å². The average Bonchev–Trinajstić information content (AvgIpc) is 2.82. The summed E-state index contributed by atoms with van der Waals surface area (Å²) in [5.74, 6) is 0.0920. The van der Waals surface area contributed by atoms with Crippen LogP contribution in [-0.2, 0) is 13.0 Å². The number of hydrogen-bond donors (Lipinski definition) is 1. The number of fused-ring (bicyclic) bond motifs is 1. The van der Waals surface area contributed by atoms with E-state index in [1.165, 1.54) is 25.3 Å². The Morgan fingerprint density at radius 2 is 1.72 bits per heavy atom. The molecule has 3 aromatic carbocycles. The van der Waals surface area contributed by atoms with Gasteiger partial charge < -0.3 is 19.5 Å². The quantitative estimate of drug-likeness (QED) is 0.533. The van der Waals surface area contributed by atoms with E-state index in [0.29, 0.717) is 18.1 Å². The van der Waals surface area contributed by atoms with Crippen molar-refractivity contribution in [2.75, 3.05) is 20.8 Å². The molecule has 4 rings (SSSR count). The second kappa shape index (κ2) is 9.83. The van der Waals surface area contributed by atoms with Crippen LogP contribution in [0.2, 0.25) is 0 Å². The SMILES string of the molecule is COc1cc(F)c(C=CC2NCCc3cc(OCc4ccccc4)c(OC)cc32)c(F)c1. The standard InChI is InChI=1S/C26H25F2NO3/c1-30-19-13-22(27)20(23(28)14-19)8-9-24-21-15-25(31-2)26(12-18(21)10-11-29-24)32-16-17-6-4-3-5-7-17/h3-9,12-15,24,29H,10-11,16H2,1-2H3. The van der Waals surface area contributed by atoms with Crippen molar-refractivity contribution in [3.05, 3.63) is 94.6 Å². The third kappa shape index (κ3) is 4.75. The number of ether oxygens (including phenoxy) is 3. The molecule has 4 nitrogen and oxygen atoms in total. The number of halogens is 2.